The van der Waals surface area contributed by atoms with Crippen molar-refractivity contribution < 1.29 is 0 Å². The molecule has 0 aliphatic heterocycles. The smallest absolute Gasteiger partial charge is 0.0627 e. The summed E-state index contributed by atoms with van der Waals surface area (Å²) in [5.74, 6) is 0. The Kier molecular flexibility index (Phi) is 5.70. The second-order valence-corrected chi connectivity index (χ2v) is 13.4. The maximum atomic E-state index is 2.50. The summed E-state index contributed by atoms with van der Waals surface area (Å²) >= 11 is 0. The van der Waals surface area contributed by atoms with E-state index in [1.165, 1.54) is 87.1 Å². The van der Waals surface area contributed by atoms with Crippen molar-refractivity contribution in [3.63, 3.8) is 0 Å². The summed E-state index contributed by atoms with van der Waals surface area (Å²) in [5, 5.41) is 12.5. The monoisotopic (exact) mass is 634 g/mol. The summed E-state index contributed by atoms with van der Waals surface area (Å²) in [7, 11) is 0. The second-order valence-electron chi connectivity index (χ2n) is 13.4. The number of rotatable bonds is 3. The third-order valence-corrected chi connectivity index (χ3v) is 10.6. The van der Waals surface area contributed by atoms with Gasteiger partial charge in [-0.2, -0.15) is 0 Å². The van der Waals surface area contributed by atoms with Gasteiger partial charge in [0.1, 0.15) is 0 Å². The van der Waals surface area contributed by atoms with Crippen LogP contribution in [0.2, 0.25) is 0 Å². The standard InChI is InChI=1S/C48H30N2/c1-4-14-34-27-37(22-21-31(34)11-1)42-30-45-46(40-17-7-9-19-43(40)49(45)38-25-23-32-12-2-5-15-35(32)28-38)47-41-18-8-10-20-44(41)50(48(42)47)39-26-24-33-13-3-6-16-36(33)29-39/h1-30H. The predicted octanol–water partition coefficient (Wildman–Crippen LogP) is 13.0. The fraction of sp³-hybridized carbons (Fsp3) is 0. The van der Waals surface area contributed by atoms with Crippen LogP contribution in [0.3, 0.4) is 0 Å². The first-order valence-electron chi connectivity index (χ1n) is 17.3. The van der Waals surface area contributed by atoms with Crippen LogP contribution >= 0.6 is 0 Å². The molecule has 0 saturated carbocycles. The van der Waals surface area contributed by atoms with Crippen molar-refractivity contribution in [3.8, 4) is 22.5 Å². The van der Waals surface area contributed by atoms with Crippen molar-refractivity contribution in [1.82, 2.24) is 9.13 Å². The fourth-order valence-corrected chi connectivity index (χ4v) is 8.37. The highest BCUT2D eigenvalue weighted by molar-refractivity contribution is 6.31. The van der Waals surface area contributed by atoms with Gasteiger partial charge in [-0.1, -0.05) is 133 Å². The minimum atomic E-state index is 1.16. The molecule has 11 aromatic rings. The van der Waals surface area contributed by atoms with Gasteiger partial charge in [0.25, 0.3) is 0 Å². The van der Waals surface area contributed by atoms with Gasteiger partial charge in [-0.25, -0.2) is 0 Å². The molecule has 0 spiro atoms. The van der Waals surface area contributed by atoms with Crippen LogP contribution in [0.5, 0.6) is 0 Å². The van der Waals surface area contributed by atoms with Gasteiger partial charge in [-0.15, -0.1) is 0 Å². The molecule has 0 bridgehead atoms. The van der Waals surface area contributed by atoms with E-state index in [9.17, 15) is 0 Å². The van der Waals surface area contributed by atoms with E-state index < -0.39 is 0 Å². The molecule has 232 valence electrons. The van der Waals surface area contributed by atoms with E-state index >= 15 is 0 Å². The van der Waals surface area contributed by atoms with Crippen molar-refractivity contribution in [3.05, 3.63) is 182 Å². The zero-order valence-electron chi connectivity index (χ0n) is 27.2. The third kappa shape index (κ3) is 3.90. The number of nitrogens with zero attached hydrogens (tertiary/aromatic N) is 2. The average Bonchev–Trinajstić information content (AvgIpc) is 3.70. The van der Waals surface area contributed by atoms with Crippen molar-refractivity contribution in [2.45, 2.75) is 0 Å². The summed E-state index contributed by atoms with van der Waals surface area (Å²) in [6.45, 7) is 0. The topological polar surface area (TPSA) is 9.86 Å². The Bertz CT molecular complexity index is 3160. The van der Waals surface area contributed by atoms with Crippen LogP contribution in [0.25, 0.3) is 98.4 Å². The lowest BCUT2D eigenvalue weighted by atomic mass is 9.96. The first kappa shape index (κ1) is 27.3. The molecule has 50 heavy (non-hydrogen) atoms. The van der Waals surface area contributed by atoms with Crippen molar-refractivity contribution in [2.75, 3.05) is 0 Å². The van der Waals surface area contributed by atoms with Crippen LogP contribution in [0.1, 0.15) is 0 Å². The molecule has 9 aromatic carbocycles. The lowest BCUT2D eigenvalue weighted by Gasteiger charge is -2.15. The zero-order valence-corrected chi connectivity index (χ0v) is 27.2. The molecule has 0 radical (unpaired) electrons. The molecule has 0 aliphatic carbocycles. The lowest BCUT2D eigenvalue weighted by Crippen LogP contribution is -1.97. The highest BCUT2D eigenvalue weighted by atomic mass is 15.0. The molecule has 2 nitrogen and oxygen atoms in total. The molecule has 0 N–H and O–H groups in total. The summed E-state index contributed by atoms with van der Waals surface area (Å²) in [6.07, 6.45) is 0. The van der Waals surface area contributed by atoms with Gasteiger partial charge < -0.3 is 9.13 Å². The fourth-order valence-electron chi connectivity index (χ4n) is 8.37. The molecule has 2 heterocycles. The maximum Gasteiger partial charge on any atom is 0.0627 e. The minimum absolute atomic E-state index is 1.16. The number of hydrogen-bond acceptors (Lipinski definition) is 0. The molecule has 11 rings (SSSR count). The number of aromatic nitrogens is 2. The Labute approximate surface area is 288 Å². The summed E-state index contributed by atoms with van der Waals surface area (Å²) < 4.78 is 4.98. The van der Waals surface area contributed by atoms with E-state index in [0.29, 0.717) is 0 Å². The molecule has 0 aliphatic rings. The van der Waals surface area contributed by atoms with Crippen molar-refractivity contribution in [2.24, 2.45) is 0 Å². The Morgan fingerprint density at radius 2 is 0.760 bits per heavy atom. The number of benzene rings is 9. The van der Waals surface area contributed by atoms with Crippen molar-refractivity contribution >= 4 is 75.9 Å². The Morgan fingerprint density at radius 3 is 1.38 bits per heavy atom. The van der Waals surface area contributed by atoms with E-state index in [1.807, 2.05) is 0 Å². The summed E-state index contributed by atoms with van der Waals surface area (Å²) in [5.41, 5.74) is 9.59. The first-order chi connectivity index (χ1) is 24.8. The van der Waals surface area contributed by atoms with Crippen LogP contribution in [0.15, 0.2) is 182 Å². The molecular weight excluding hydrogens is 605 g/mol. The Balaban J connectivity index is 1.36. The average molecular weight is 635 g/mol. The molecule has 2 heteroatoms. The lowest BCUT2D eigenvalue weighted by molar-refractivity contribution is 1.18. The SMILES string of the molecule is c1ccc2cc(-c3cc4c(c5ccccc5n4-c4ccc5ccccc5c4)c4c5ccccc5n(-c5ccc6ccccc6c5)c34)ccc2c1. The van der Waals surface area contributed by atoms with Crippen LogP contribution in [0.4, 0.5) is 0 Å². The molecular formula is C48H30N2. The molecule has 2 aromatic heterocycles. The molecule has 0 saturated heterocycles. The largest absolute Gasteiger partial charge is 0.309 e. The highest BCUT2D eigenvalue weighted by Gasteiger charge is 2.24. The third-order valence-electron chi connectivity index (χ3n) is 10.6. The van der Waals surface area contributed by atoms with Gasteiger partial charge in [0.2, 0.25) is 0 Å². The molecule has 0 fully saturated rings. The number of hydrogen-bond donors (Lipinski definition) is 0. The minimum Gasteiger partial charge on any atom is -0.309 e. The van der Waals surface area contributed by atoms with Crippen LogP contribution < -0.4 is 0 Å². The van der Waals surface area contributed by atoms with E-state index in [-0.39, 0.29) is 0 Å². The van der Waals surface area contributed by atoms with Gasteiger partial charge in [-0.05, 0) is 86.4 Å². The summed E-state index contributed by atoms with van der Waals surface area (Å²) in [4.78, 5) is 0. The normalized spacial score (nSPS) is 12.0. The maximum absolute atomic E-state index is 2.50. The summed E-state index contributed by atoms with van der Waals surface area (Å²) in [6, 6.07) is 66.9. The van der Waals surface area contributed by atoms with E-state index in [1.54, 1.807) is 0 Å². The van der Waals surface area contributed by atoms with Crippen LogP contribution in [0, 0.1) is 0 Å². The van der Waals surface area contributed by atoms with Gasteiger partial charge in [-0.3, -0.25) is 0 Å². The van der Waals surface area contributed by atoms with E-state index in [0.717, 1.165) is 11.4 Å². The molecule has 0 atom stereocenters. The quantitative estimate of drug-likeness (QED) is 0.183. The van der Waals surface area contributed by atoms with Gasteiger partial charge in [0, 0.05) is 38.5 Å². The van der Waals surface area contributed by atoms with Crippen LogP contribution in [-0.4, -0.2) is 9.13 Å². The van der Waals surface area contributed by atoms with Crippen LogP contribution in [-0.2, 0) is 0 Å². The molecule has 0 unspecified atom stereocenters. The highest BCUT2D eigenvalue weighted by Crippen LogP contribution is 2.47. The second kappa shape index (κ2) is 10.4. The Morgan fingerprint density at radius 1 is 0.300 bits per heavy atom. The first-order valence-corrected chi connectivity index (χ1v) is 17.3. The zero-order chi connectivity index (χ0) is 32.8. The Hall–Kier alpha value is -6.64. The van der Waals surface area contributed by atoms with Gasteiger partial charge in [0.15, 0.2) is 0 Å². The molecule has 0 amide bonds. The number of fused-ring (bicyclic) bond motifs is 10. The predicted molar refractivity (Wildman–Crippen MR) is 213 cm³/mol. The van der Waals surface area contributed by atoms with E-state index in [2.05, 4.69) is 191 Å². The number of para-hydroxylation sites is 2. The van der Waals surface area contributed by atoms with Crippen molar-refractivity contribution in [1.29, 1.82) is 0 Å². The van der Waals surface area contributed by atoms with E-state index in [4.69, 9.17) is 0 Å². The van der Waals surface area contributed by atoms with Gasteiger partial charge in [0.05, 0.1) is 22.1 Å². The van der Waals surface area contributed by atoms with Gasteiger partial charge >= 0.3 is 0 Å².